The second kappa shape index (κ2) is 5.16. The van der Waals surface area contributed by atoms with E-state index >= 15 is 0 Å². The van der Waals surface area contributed by atoms with Gasteiger partial charge in [-0.05, 0) is 11.1 Å². The van der Waals surface area contributed by atoms with Gasteiger partial charge in [-0.25, -0.2) is 0 Å². The Labute approximate surface area is 114 Å². The van der Waals surface area contributed by atoms with Crippen LogP contribution in [-0.4, -0.2) is 18.2 Å². The van der Waals surface area contributed by atoms with Crippen LogP contribution < -0.4 is 5.73 Å². The monoisotopic (exact) mass is 253 g/mol. The van der Waals surface area contributed by atoms with Crippen LogP contribution in [0.2, 0.25) is 0 Å². The Morgan fingerprint density at radius 1 is 0.895 bits per heavy atom. The quantitative estimate of drug-likeness (QED) is 0.909. The zero-order chi connectivity index (χ0) is 13.1. The number of benzene rings is 2. The highest BCUT2D eigenvalue weighted by molar-refractivity contribution is 5.24. The molecule has 1 unspecified atom stereocenters. The molecule has 2 nitrogen and oxygen atoms in total. The molecule has 1 saturated heterocycles. The molecule has 1 heterocycles. The van der Waals surface area contributed by atoms with Gasteiger partial charge in [0, 0.05) is 12.8 Å². The third kappa shape index (κ3) is 2.55. The van der Waals surface area contributed by atoms with Crippen LogP contribution >= 0.6 is 0 Å². The zero-order valence-corrected chi connectivity index (χ0v) is 11.0. The van der Waals surface area contributed by atoms with Crippen LogP contribution in [0.25, 0.3) is 0 Å². The van der Waals surface area contributed by atoms with Crippen molar-refractivity contribution >= 4 is 0 Å². The fourth-order valence-corrected chi connectivity index (χ4v) is 2.72. The molecule has 1 aliphatic rings. The topological polar surface area (TPSA) is 35.2 Å². The summed E-state index contributed by atoms with van der Waals surface area (Å²) in [4.78, 5) is 0. The van der Waals surface area contributed by atoms with E-state index in [9.17, 15) is 0 Å². The second-order valence-electron chi connectivity index (χ2n) is 5.31. The van der Waals surface area contributed by atoms with Gasteiger partial charge in [-0.1, -0.05) is 60.7 Å². The fourth-order valence-electron chi connectivity index (χ4n) is 2.72. The van der Waals surface area contributed by atoms with Gasteiger partial charge < -0.3 is 10.5 Å². The normalized spacial score (nSPS) is 20.8. The van der Waals surface area contributed by atoms with E-state index in [-0.39, 0.29) is 11.6 Å². The minimum absolute atomic E-state index is 0.118. The van der Waals surface area contributed by atoms with Gasteiger partial charge in [-0.3, -0.25) is 0 Å². The van der Waals surface area contributed by atoms with Gasteiger partial charge >= 0.3 is 0 Å². The van der Waals surface area contributed by atoms with Gasteiger partial charge in [0.2, 0.25) is 0 Å². The maximum atomic E-state index is 6.23. The molecule has 3 rings (SSSR count). The summed E-state index contributed by atoms with van der Waals surface area (Å²) in [6.45, 7) is 0.666. The van der Waals surface area contributed by atoms with Crippen molar-refractivity contribution in [3.63, 3.8) is 0 Å². The minimum atomic E-state index is -0.233. The summed E-state index contributed by atoms with van der Waals surface area (Å²) in [6.07, 6.45) is 1.76. The molecule has 2 N–H and O–H groups in total. The van der Waals surface area contributed by atoms with Gasteiger partial charge in [-0.2, -0.15) is 0 Å². The highest BCUT2D eigenvalue weighted by atomic mass is 16.5. The SMILES string of the molecule is NC1COC1(Cc1ccccc1)Cc1ccccc1. The summed E-state index contributed by atoms with van der Waals surface area (Å²) in [7, 11) is 0. The Kier molecular flexibility index (Phi) is 3.36. The average Bonchev–Trinajstić information content (AvgIpc) is 2.47. The first kappa shape index (κ1) is 12.4. The Balaban J connectivity index is 1.80. The lowest BCUT2D eigenvalue weighted by Crippen LogP contribution is -2.65. The molecule has 0 saturated carbocycles. The van der Waals surface area contributed by atoms with Gasteiger partial charge in [0.15, 0.2) is 0 Å². The number of ether oxygens (including phenoxy) is 1. The lowest BCUT2D eigenvalue weighted by molar-refractivity contribution is -0.164. The van der Waals surface area contributed by atoms with Crippen LogP contribution in [0.4, 0.5) is 0 Å². The first-order chi connectivity index (χ1) is 9.28. The Morgan fingerprint density at radius 2 is 1.37 bits per heavy atom. The molecule has 2 aromatic carbocycles. The standard InChI is InChI=1S/C17H19NO/c18-16-13-19-17(16,11-14-7-3-1-4-8-14)12-15-9-5-2-6-10-15/h1-10,16H,11-13,18H2. The molecular formula is C17H19NO. The molecule has 2 heteroatoms. The predicted octanol–water partition coefficient (Wildman–Crippen LogP) is 2.57. The summed E-state index contributed by atoms with van der Waals surface area (Å²) >= 11 is 0. The summed E-state index contributed by atoms with van der Waals surface area (Å²) in [5.74, 6) is 0. The largest absolute Gasteiger partial charge is 0.371 e. The zero-order valence-electron chi connectivity index (χ0n) is 11.0. The smallest absolute Gasteiger partial charge is 0.0936 e. The van der Waals surface area contributed by atoms with E-state index in [4.69, 9.17) is 10.5 Å². The molecule has 1 aliphatic heterocycles. The predicted molar refractivity (Wildman–Crippen MR) is 77.0 cm³/mol. The van der Waals surface area contributed by atoms with Gasteiger partial charge in [-0.15, -0.1) is 0 Å². The van der Waals surface area contributed by atoms with Crippen molar-refractivity contribution in [2.45, 2.75) is 24.5 Å². The molecule has 1 fully saturated rings. The van der Waals surface area contributed by atoms with E-state index in [2.05, 4.69) is 48.5 Å². The van der Waals surface area contributed by atoms with Crippen molar-refractivity contribution < 1.29 is 4.74 Å². The van der Waals surface area contributed by atoms with Gasteiger partial charge in [0.25, 0.3) is 0 Å². The van der Waals surface area contributed by atoms with Crippen LogP contribution in [0.3, 0.4) is 0 Å². The molecule has 0 bridgehead atoms. The van der Waals surface area contributed by atoms with Crippen molar-refractivity contribution in [2.24, 2.45) is 5.73 Å². The van der Waals surface area contributed by atoms with Crippen LogP contribution in [-0.2, 0) is 17.6 Å². The van der Waals surface area contributed by atoms with Crippen molar-refractivity contribution in [1.82, 2.24) is 0 Å². The molecule has 0 aromatic heterocycles. The lowest BCUT2D eigenvalue weighted by Gasteiger charge is -2.48. The van der Waals surface area contributed by atoms with Crippen LogP contribution in [0.1, 0.15) is 11.1 Å². The third-order valence-corrected chi connectivity index (χ3v) is 3.92. The van der Waals surface area contributed by atoms with E-state index in [1.54, 1.807) is 0 Å². The third-order valence-electron chi connectivity index (χ3n) is 3.92. The van der Waals surface area contributed by atoms with E-state index in [0.717, 1.165) is 12.8 Å². The minimum Gasteiger partial charge on any atom is -0.371 e. The highest BCUT2D eigenvalue weighted by Crippen LogP contribution is 2.33. The molecule has 1 atom stereocenters. The van der Waals surface area contributed by atoms with Crippen molar-refractivity contribution in [2.75, 3.05) is 6.61 Å². The Bertz CT molecular complexity index is 482. The number of hydrogen-bond acceptors (Lipinski definition) is 2. The first-order valence-electron chi connectivity index (χ1n) is 6.76. The van der Waals surface area contributed by atoms with E-state index < -0.39 is 0 Å². The van der Waals surface area contributed by atoms with E-state index in [0.29, 0.717) is 6.61 Å². The van der Waals surface area contributed by atoms with Gasteiger partial charge in [0.05, 0.1) is 18.2 Å². The summed E-state index contributed by atoms with van der Waals surface area (Å²) < 4.78 is 5.91. The molecule has 0 radical (unpaired) electrons. The maximum Gasteiger partial charge on any atom is 0.0936 e. The average molecular weight is 253 g/mol. The Hall–Kier alpha value is -1.64. The van der Waals surface area contributed by atoms with Crippen molar-refractivity contribution in [1.29, 1.82) is 0 Å². The molecular weight excluding hydrogens is 234 g/mol. The van der Waals surface area contributed by atoms with Crippen molar-refractivity contribution in [3.8, 4) is 0 Å². The van der Waals surface area contributed by atoms with Crippen LogP contribution in [0, 0.1) is 0 Å². The first-order valence-corrected chi connectivity index (χ1v) is 6.76. The van der Waals surface area contributed by atoms with E-state index in [1.165, 1.54) is 11.1 Å². The maximum absolute atomic E-state index is 6.23. The van der Waals surface area contributed by atoms with E-state index in [1.807, 2.05) is 12.1 Å². The van der Waals surface area contributed by atoms with Gasteiger partial charge in [0.1, 0.15) is 0 Å². The summed E-state index contributed by atoms with van der Waals surface area (Å²) in [5.41, 5.74) is 8.57. The lowest BCUT2D eigenvalue weighted by atomic mass is 9.78. The molecule has 0 spiro atoms. The molecule has 0 amide bonds. The molecule has 19 heavy (non-hydrogen) atoms. The summed E-state index contributed by atoms with van der Waals surface area (Å²) in [6, 6.07) is 21.0. The second-order valence-corrected chi connectivity index (χ2v) is 5.31. The molecule has 2 aromatic rings. The summed E-state index contributed by atoms with van der Waals surface area (Å²) in [5, 5.41) is 0. The molecule has 0 aliphatic carbocycles. The number of rotatable bonds is 4. The van der Waals surface area contributed by atoms with Crippen molar-refractivity contribution in [3.05, 3.63) is 71.8 Å². The van der Waals surface area contributed by atoms with Crippen LogP contribution in [0.15, 0.2) is 60.7 Å². The van der Waals surface area contributed by atoms with Crippen LogP contribution in [0.5, 0.6) is 0 Å². The molecule has 98 valence electrons. The Morgan fingerprint density at radius 3 is 1.68 bits per heavy atom. The number of hydrogen-bond donors (Lipinski definition) is 1. The fraction of sp³-hybridized carbons (Fsp3) is 0.294. The highest BCUT2D eigenvalue weighted by Gasteiger charge is 2.46. The number of nitrogens with two attached hydrogens (primary N) is 1.